The summed E-state index contributed by atoms with van der Waals surface area (Å²) in [6.45, 7) is 8.35. The molecular formula is C32H36BrN5O4. The maximum absolute atomic E-state index is 13.6. The molecule has 3 aliphatic heterocycles. The lowest BCUT2D eigenvalue weighted by Gasteiger charge is -2.44. The number of carbonyl (C=O) groups is 2. The van der Waals surface area contributed by atoms with Crippen LogP contribution in [-0.2, 0) is 6.54 Å². The first-order valence-corrected chi connectivity index (χ1v) is 15.4. The zero-order chi connectivity index (χ0) is 29.4. The monoisotopic (exact) mass is 633 g/mol. The summed E-state index contributed by atoms with van der Waals surface area (Å²) in [5.41, 5.74) is 3.58. The molecule has 0 spiro atoms. The van der Waals surface area contributed by atoms with Gasteiger partial charge in [-0.05, 0) is 77.3 Å². The number of benzene rings is 2. The second-order valence-corrected chi connectivity index (χ2v) is 12.2. The van der Waals surface area contributed by atoms with E-state index in [0.29, 0.717) is 52.6 Å². The Kier molecular flexibility index (Phi) is 8.09. The van der Waals surface area contributed by atoms with E-state index in [0.717, 1.165) is 50.5 Å². The summed E-state index contributed by atoms with van der Waals surface area (Å²) in [4.78, 5) is 46.3. The minimum Gasteiger partial charge on any atom is -0.497 e. The molecule has 1 N–H and O–H groups in total. The quantitative estimate of drug-likeness (QED) is 0.436. The van der Waals surface area contributed by atoms with Gasteiger partial charge in [-0.3, -0.25) is 14.4 Å². The Morgan fingerprint density at radius 3 is 2.57 bits per heavy atom. The highest BCUT2D eigenvalue weighted by Crippen LogP contribution is 2.39. The fourth-order valence-corrected chi connectivity index (χ4v) is 7.01. The molecule has 9 nitrogen and oxygen atoms in total. The maximum Gasteiger partial charge on any atom is 0.257 e. The zero-order valence-corrected chi connectivity index (χ0v) is 25.6. The molecule has 0 saturated carbocycles. The lowest BCUT2D eigenvalue weighted by Crippen LogP contribution is -2.48. The van der Waals surface area contributed by atoms with Gasteiger partial charge in [-0.2, -0.15) is 0 Å². The molecule has 2 bridgehead atoms. The van der Waals surface area contributed by atoms with Crippen molar-refractivity contribution >= 4 is 39.1 Å². The van der Waals surface area contributed by atoms with Gasteiger partial charge < -0.3 is 29.3 Å². The number of pyridine rings is 1. The Hall–Kier alpha value is -3.63. The van der Waals surface area contributed by atoms with Crippen LogP contribution in [0.4, 0.5) is 11.4 Å². The van der Waals surface area contributed by atoms with Gasteiger partial charge in [0.05, 0.1) is 24.0 Å². The third-order valence-electron chi connectivity index (χ3n) is 8.84. The van der Waals surface area contributed by atoms with Crippen LogP contribution in [0.3, 0.4) is 0 Å². The van der Waals surface area contributed by atoms with Crippen LogP contribution in [0.2, 0.25) is 0 Å². The highest BCUT2D eigenvalue weighted by atomic mass is 79.9. The Morgan fingerprint density at radius 1 is 1.00 bits per heavy atom. The molecule has 2 saturated heterocycles. The van der Waals surface area contributed by atoms with Crippen LogP contribution >= 0.6 is 15.9 Å². The number of rotatable bonds is 6. The standard InChI is InChI=1S/C32H36BrN5O4/c1-3-35-11-13-36(14-12-35)32(41)22-7-10-29(27(16-22)34-31(40)25-17-24(42-2)8-9-26(25)33)37-18-21-15-23(20-37)28-5-4-6-30(39)38(28)19-21/h4-10,16-17,21,23H,3,11-15,18-20H2,1-2H3,(H,34,40)/t21-,23+/m1/s1. The van der Waals surface area contributed by atoms with Gasteiger partial charge >= 0.3 is 0 Å². The molecule has 0 unspecified atom stereocenters. The number of hydrogen-bond donors (Lipinski definition) is 1. The van der Waals surface area contributed by atoms with E-state index in [1.54, 1.807) is 31.4 Å². The number of anilines is 2. The highest BCUT2D eigenvalue weighted by Gasteiger charge is 2.35. The molecule has 3 aliphatic rings. The summed E-state index contributed by atoms with van der Waals surface area (Å²) in [7, 11) is 1.57. The molecule has 4 heterocycles. The fraction of sp³-hybridized carbons (Fsp3) is 0.406. The largest absolute Gasteiger partial charge is 0.497 e. The van der Waals surface area contributed by atoms with Crippen LogP contribution in [0, 0.1) is 5.92 Å². The van der Waals surface area contributed by atoms with Crippen LogP contribution in [0.1, 0.15) is 45.7 Å². The van der Waals surface area contributed by atoms with Crippen LogP contribution in [0.25, 0.3) is 0 Å². The number of fused-ring (bicyclic) bond motifs is 4. The Balaban J connectivity index is 1.33. The maximum atomic E-state index is 13.6. The normalized spacial score (nSPS) is 20.2. The Bertz CT molecular complexity index is 1560. The van der Waals surface area contributed by atoms with E-state index in [9.17, 15) is 14.4 Å². The molecule has 1 aromatic heterocycles. The summed E-state index contributed by atoms with van der Waals surface area (Å²) in [5.74, 6) is 0.773. The van der Waals surface area contributed by atoms with Crippen LogP contribution in [0.15, 0.2) is 63.9 Å². The minimum atomic E-state index is -0.294. The zero-order valence-electron chi connectivity index (χ0n) is 24.0. The molecule has 10 heteroatoms. The summed E-state index contributed by atoms with van der Waals surface area (Å²) >= 11 is 3.50. The number of carbonyl (C=O) groups excluding carboxylic acids is 2. The van der Waals surface area contributed by atoms with Crippen molar-refractivity contribution in [2.24, 2.45) is 5.92 Å². The van der Waals surface area contributed by atoms with Crippen molar-refractivity contribution in [3.63, 3.8) is 0 Å². The molecule has 0 radical (unpaired) electrons. The van der Waals surface area contributed by atoms with Gasteiger partial charge in [0.25, 0.3) is 17.4 Å². The molecule has 220 valence electrons. The Morgan fingerprint density at radius 2 is 1.81 bits per heavy atom. The Labute approximate surface area is 254 Å². The smallest absolute Gasteiger partial charge is 0.257 e. The average Bonchev–Trinajstić information content (AvgIpc) is 3.01. The van der Waals surface area contributed by atoms with Crippen molar-refractivity contribution in [3.05, 3.63) is 86.2 Å². The fourth-order valence-electron chi connectivity index (χ4n) is 6.58. The predicted octanol–water partition coefficient (Wildman–Crippen LogP) is 4.27. The van der Waals surface area contributed by atoms with Crippen LogP contribution in [-0.4, -0.2) is 79.1 Å². The summed E-state index contributed by atoms with van der Waals surface area (Å²) in [6, 6.07) is 16.5. The number of ether oxygens (including phenoxy) is 1. The first-order chi connectivity index (χ1) is 20.3. The van der Waals surface area contributed by atoms with Crippen molar-refractivity contribution in [2.75, 3.05) is 63.1 Å². The number of piperidine rings is 1. The molecule has 2 amide bonds. The first kappa shape index (κ1) is 28.5. The third kappa shape index (κ3) is 5.57. The van der Waals surface area contributed by atoms with Gasteiger partial charge in [0.1, 0.15) is 5.75 Å². The minimum absolute atomic E-state index is 0.0285. The topological polar surface area (TPSA) is 87.1 Å². The predicted molar refractivity (Wildman–Crippen MR) is 167 cm³/mol. The van der Waals surface area contributed by atoms with Gasteiger partial charge in [0.2, 0.25) is 0 Å². The summed E-state index contributed by atoms with van der Waals surface area (Å²) in [5, 5.41) is 3.12. The van der Waals surface area contributed by atoms with Gasteiger partial charge in [-0.1, -0.05) is 13.0 Å². The highest BCUT2D eigenvalue weighted by molar-refractivity contribution is 9.10. The van der Waals surface area contributed by atoms with Gasteiger partial charge in [-0.25, -0.2) is 0 Å². The number of hydrogen-bond acceptors (Lipinski definition) is 6. The number of methoxy groups -OCH3 is 1. The van der Waals surface area contributed by atoms with Crippen molar-refractivity contribution in [3.8, 4) is 5.75 Å². The molecule has 2 atom stereocenters. The number of likely N-dealkylation sites (N-methyl/N-ethyl adjacent to an activating group) is 1. The molecule has 2 fully saturated rings. The lowest BCUT2D eigenvalue weighted by atomic mass is 9.83. The lowest BCUT2D eigenvalue weighted by molar-refractivity contribution is 0.0643. The SMILES string of the molecule is CCN1CCN(C(=O)c2ccc(N3C[C@H]4C[C@@H](C3)c3cccc(=O)n3C4)c(NC(=O)c3cc(OC)ccc3Br)c2)CC1. The first-order valence-electron chi connectivity index (χ1n) is 14.6. The molecule has 6 rings (SSSR count). The second kappa shape index (κ2) is 11.9. The van der Waals surface area contributed by atoms with Gasteiger partial charge in [0, 0.05) is 73.5 Å². The van der Waals surface area contributed by atoms with E-state index in [-0.39, 0.29) is 23.3 Å². The molecule has 0 aliphatic carbocycles. The number of piperazine rings is 1. The molecule has 2 aromatic carbocycles. The van der Waals surface area contributed by atoms with Gasteiger partial charge in [-0.15, -0.1) is 0 Å². The number of aromatic nitrogens is 1. The third-order valence-corrected chi connectivity index (χ3v) is 9.53. The van der Waals surface area contributed by atoms with Gasteiger partial charge in [0.15, 0.2) is 0 Å². The van der Waals surface area contributed by atoms with Crippen LogP contribution in [0.5, 0.6) is 5.75 Å². The van der Waals surface area contributed by atoms with E-state index in [2.05, 4.69) is 44.0 Å². The van der Waals surface area contributed by atoms with Crippen molar-refractivity contribution in [2.45, 2.75) is 25.8 Å². The molecule has 42 heavy (non-hydrogen) atoms. The van der Waals surface area contributed by atoms with Crippen molar-refractivity contribution < 1.29 is 14.3 Å². The number of halogens is 1. The molecule has 3 aromatic rings. The average molecular weight is 635 g/mol. The van der Waals surface area contributed by atoms with E-state index in [1.165, 1.54) is 0 Å². The summed E-state index contributed by atoms with van der Waals surface area (Å²) < 4.78 is 7.92. The van der Waals surface area contributed by atoms with Crippen LogP contribution < -0.4 is 20.5 Å². The number of nitrogens with one attached hydrogen (secondary N) is 1. The van der Waals surface area contributed by atoms with Crippen molar-refractivity contribution in [1.29, 1.82) is 0 Å². The van der Waals surface area contributed by atoms with E-state index >= 15 is 0 Å². The van der Waals surface area contributed by atoms with E-state index in [4.69, 9.17) is 4.74 Å². The number of nitrogens with zero attached hydrogens (tertiary/aromatic N) is 4. The number of amides is 2. The van der Waals surface area contributed by atoms with E-state index < -0.39 is 0 Å². The second-order valence-electron chi connectivity index (χ2n) is 11.4. The molecular weight excluding hydrogens is 598 g/mol. The van der Waals surface area contributed by atoms with E-state index in [1.807, 2.05) is 33.7 Å². The summed E-state index contributed by atoms with van der Waals surface area (Å²) in [6.07, 6.45) is 1.03. The van der Waals surface area contributed by atoms with Crippen molar-refractivity contribution in [1.82, 2.24) is 14.4 Å².